The number of nitriles is 1. The van der Waals surface area contributed by atoms with Crippen molar-refractivity contribution in [3.8, 4) is 40.2 Å². The molecule has 0 spiro atoms. The molecular formula is C37H41ClN4O7S. The summed E-state index contributed by atoms with van der Waals surface area (Å²) in [6.45, 7) is 5.26. The van der Waals surface area contributed by atoms with E-state index in [0.29, 0.717) is 59.5 Å². The molecule has 1 aliphatic rings. The minimum absolute atomic E-state index is 0.120. The molecule has 11 nitrogen and oxygen atoms in total. The fraction of sp³-hybridized carbons (Fsp3) is 0.351. The smallest absolute Gasteiger partial charge is 0.266 e. The van der Waals surface area contributed by atoms with Gasteiger partial charge in [0, 0.05) is 42.7 Å². The van der Waals surface area contributed by atoms with Crippen LogP contribution >= 0.6 is 11.6 Å². The second kappa shape index (κ2) is 17.0. The van der Waals surface area contributed by atoms with Gasteiger partial charge in [-0.05, 0) is 87.0 Å². The standard InChI is InChI=1S/C37H41ClN4O7S/c1-26-30(6-4-7-32(26)29-8-9-34-37(18-29)47-14-13-46-34)25-49-36-19-35(48-24-28-16-27(20-39)21-40-22-28)31(17-33(36)38)23-42(11-5-10-41(2)3)12-15-50(43,44)45/h4,6-9,16-19,21-22H,5,10-15,23-25H2,1-3H3,(H,43,44,45). The average molecular weight is 721 g/mol. The number of hydrogen-bond acceptors (Lipinski definition) is 10. The predicted molar refractivity (Wildman–Crippen MR) is 192 cm³/mol. The summed E-state index contributed by atoms with van der Waals surface area (Å²) >= 11 is 6.82. The molecule has 5 rings (SSSR count). The van der Waals surface area contributed by atoms with E-state index >= 15 is 0 Å². The van der Waals surface area contributed by atoms with E-state index in [1.165, 1.54) is 6.20 Å². The number of halogens is 1. The normalized spacial score (nSPS) is 12.6. The highest BCUT2D eigenvalue weighted by Crippen LogP contribution is 2.38. The molecule has 0 fully saturated rings. The highest BCUT2D eigenvalue weighted by atomic mass is 35.5. The van der Waals surface area contributed by atoms with E-state index in [2.05, 4.69) is 22.0 Å². The molecule has 0 saturated heterocycles. The number of aromatic nitrogens is 1. The first-order valence-corrected chi connectivity index (χ1v) is 18.2. The molecule has 3 aromatic carbocycles. The van der Waals surface area contributed by atoms with Gasteiger partial charge in [-0.2, -0.15) is 13.7 Å². The highest BCUT2D eigenvalue weighted by Gasteiger charge is 2.19. The van der Waals surface area contributed by atoms with Crippen LogP contribution in [-0.4, -0.2) is 80.5 Å². The van der Waals surface area contributed by atoms with Crippen LogP contribution in [0, 0.1) is 18.3 Å². The zero-order valence-electron chi connectivity index (χ0n) is 28.4. The van der Waals surface area contributed by atoms with Gasteiger partial charge in [-0.3, -0.25) is 14.4 Å². The van der Waals surface area contributed by atoms with E-state index in [1.807, 2.05) is 56.3 Å². The Kier molecular flexibility index (Phi) is 12.6. The fourth-order valence-electron chi connectivity index (χ4n) is 5.62. The predicted octanol–water partition coefficient (Wildman–Crippen LogP) is 6.15. The summed E-state index contributed by atoms with van der Waals surface area (Å²) in [6.07, 6.45) is 3.89. The molecule has 50 heavy (non-hydrogen) atoms. The van der Waals surface area contributed by atoms with Crippen LogP contribution in [0.5, 0.6) is 23.0 Å². The zero-order chi connectivity index (χ0) is 35.7. The lowest BCUT2D eigenvalue weighted by Gasteiger charge is -2.25. The van der Waals surface area contributed by atoms with Crippen molar-refractivity contribution >= 4 is 21.7 Å². The quantitative estimate of drug-likeness (QED) is 0.134. The monoisotopic (exact) mass is 720 g/mol. The summed E-state index contributed by atoms with van der Waals surface area (Å²) in [6, 6.07) is 19.3. The van der Waals surface area contributed by atoms with Crippen LogP contribution in [0.4, 0.5) is 0 Å². The van der Waals surface area contributed by atoms with Crippen molar-refractivity contribution in [3.05, 3.63) is 99.8 Å². The molecule has 0 unspecified atom stereocenters. The van der Waals surface area contributed by atoms with Gasteiger partial charge < -0.3 is 23.8 Å². The third kappa shape index (κ3) is 10.3. The molecule has 13 heteroatoms. The molecule has 2 heterocycles. The number of rotatable bonds is 16. The molecule has 264 valence electrons. The topological polar surface area (TPSA) is 134 Å². The Hall–Kier alpha value is -4.38. The summed E-state index contributed by atoms with van der Waals surface area (Å²) in [5, 5.41) is 9.70. The van der Waals surface area contributed by atoms with Crippen molar-refractivity contribution in [1.82, 2.24) is 14.8 Å². The number of hydrogen-bond donors (Lipinski definition) is 1. The molecule has 0 aliphatic carbocycles. The van der Waals surface area contributed by atoms with Crippen LogP contribution in [0.25, 0.3) is 11.1 Å². The summed E-state index contributed by atoms with van der Waals surface area (Å²) in [7, 11) is -0.225. The Morgan fingerprint density at radius 1 is 0.940 bits per heavy atom. The summed E-state index contributed by atoms with van der Waals surface area (Å²) in [4.78, 5) is 8.13. The zero-order valence-corrected chi connectivity index (χ0v) is 30.0. The molecule has 1 aliphatic heterocycles. The lowest BCUT2D eigenvalue weighted by Crippen LogP contribution is -2.31. The van der Waals surface area contributed by atoms with Crippen LogP contribution in [0.1, 0.15) is 34.2 Å². The van der Waals surface area contributed by atoms with Crippen LogP contribution in [0.2, 0.25) is 5.02 Å². The molecule has 0 amide bonds. The Labute approximate surface area is 298 Å². The van der Waals surface area contributed by atoms with Crippen molar-refractivity contribution in [1.29, 1.82) is 5.26 Å². The van der Waals surface area contributed by atoms with Crippen molar-refractivity contribution in [2.45, 2.75) is 33.1 Å². The van der Waals surface area contributed by atoms with Gasteiger partial charge in [-0.15, -0.1) is 0 Å². The average Bonchev–Trinajstić information content (AvgIpc) is 3.09. The molecule has 1 N–H and O–H groups in total. The van der Waals surface area contributed by atoms with Gasteiger partial charge in [0.2, 0.25) is 0 Å². The lowest BCUT2D eigenvalue weighted by molar-refractivity contribution is 0.171. The second-order valence-corrected chi connectivity index (χ2v) is 14.3. The van der Waals surface area contributed by atoms with E-state index in [4.69, 9.17) is 30.5 Å². The first-order chi connectivity index (χ1) is 24.0. The highest BCUT2D eigenvalue weighted by molar-refractivity contribution is 7.85. The minimum Gasteiger partial charge on any atom is -0.488 e. The molecular weight excluding hydrogens is 680 g/mol. The van der Waals surface area contributed by atoms with Gasteiger partial charge in [0.25, 0.3) is 10.1 Å². The van der Waals surface area contributed by atoms with Crippen molar-refractivity contribution < 1.29 is 31.9 Å². The van der Waals surface area contributed by atoms with Gasteiger partial charge in [-0.25, -0.2) is 0 Å². The fourth-order valence-corrected chi connectivity index (χ4v) is 6.35. The number of pyridine rings is 1. The molecule has 0 bridgehead atoms. The number of nitrogens with zero attached hydrogens (tertiary/aromatic N) is 4. The first-order valence-electron chi connectivity index (χ1n) is 16.2. The van der Waals surface area contributed by atoms with Crippen LogP contribution in [-0.2, 0) is 29.9 Å². The van der Waals surface area contributed by atoms with Crippen LogP contribution in [0.3, 0.4) is 0 Å². The molecule has 4 aromatic rings. The molecule has 0 saturated carbocycles. The van der Waals surface area contributed by atoms with E-state index in [-0.39, 0.29) is 19.8 Å². The van der Waals surface area contributed by atoms with Crippen molar-refractivity contribution in [2.75, 3.05) is 52.7 Å². The van der Waals surface area contributed by atoms with Gasteiger partial charge in [0.1, 0.15) is 44.0 Å². The maximum Gasteiger partial charge on any atom is 0.266 e. The number of ether oxygens (including phenoxy) is 4. The van der Waals surface area contributed by atoms with E-state index in [0.717, 1.165) is 46.7 Å². The maximum atomic E-state index is 11.6. The second-order valence-electron chi connectivity index (χ2n) is 12.3. The van der Waals surface area contributed by atoms with Gasteiger partial charge >= 0.3 is 0 Å². The number of fused-ring (bicyclic) bond motifs is 1. The molecule has 1 aromatic heterocycles. The van der Waals surface area contributed by atoms with Gasteiger partial charge in [0.15, 0.2) is 11.5 Å². The molecule has 0 atom stereocenters. The Morgan fingerprint density at radius 3 is 2.48 bits per heavy atom. The van der Waals surface area contributed by atoms with Crippen molar-refractivity contribution in [3.63, 3.8) is 0 Å². The van der Waals surface area contributed by atoms with E-state index in [9.17, 15) is 18.2 Å². The van der Waals surface area contributed by atoms with Gasteiger partial charge in [-0.1, -0.05) is 35.9 Å². The SMILES string of the molecule is Cc1c(COc2cc(OCc3cncc(C#N)c3)c(CN(CCCN(C)C)CCS(=O)(=O)O)cc2Cl)cccc1-c1ccc2c(c1)OCCO2. The molecule has 0 radical (unpaired) electrons. The largest absolute Gasteiger partial charge is 0.488 e. The van der Waals surface area contributed by atoms with Crippen LogP contribution < -0.4 is 18.9 Å². The van der Waals surface area contributed by atoms with Crippen LogP contribution in [0.15, 0.2) is 67.0 Å². The summed E-state index contributed by atoms with van der Waals surface area (Å²) in [5.41, 5.74) is 5.89. The summed E-state index contributed by atoms with van der Waals surface area (Å²) < 4.78 is 56.8. The Morgan fingerprint density at radius 2 is 1.72 bits per heavy atom. The minimum atomic E-state index is -4.17. The van der Waals surface area contributed by atoms with Crippen molar-refractivity contribution in [2.24, 2.45) is 0 Å². The Balaban J connectivity index is 1.40. The third-order valence-electron chi connectivity index (χ3n) is 8.25. The maximum absolute atomic E-state index is 11.6. The Bertz CT molecular complexity index is 1950. The van der Waals surface area contributed by atoms with E-state index in [1.54, 1.807) is 24.4 Å². The number of benzene rings is 3. The van der Waals surface area contributed by atoms with Gasteiger partial charge in [0.05, 0.1) is 16.3 Å². The lowest BCUT2D eigenvalue weighted by atomic mass is 9.96. The third-order valence-corrected chi connectivity index (χ3v) is 9.25. The first kappa shape index (κ1) is 36.9. The summed E-state index contributed by atoms with van der Waals surface area (Å²) in [5.74, 6) is 1.95. The van der Waals surface area contributed by atoms with E-state index < -0.39 is 15.9 Å².